The monoisotopic (exact) mass is 305 g/mol. The fourth-order valence-corrected chi connectivity index (χ4v) is 3.54. The van der Waals surface area contributed by atoms with Crippen molar-refractivity contribution < 1.29 is 9.18 Å². The molecule has 0 saturated heterocycles. The molecule has 1 amide bonds. The fourth-order valence-electron chi connectivity index (χ4n) is 2.58. The van der Waals surface area contributed by atoms with Crippen LogP contribution < -0.4 is 11.1 Å². The molecule has 1 aliphatic rings. The van der Waals surface area contributed by atoms with Crippen molar-refractivity contribution in [3.8, 4) is 0 Å². The number of nitrogens with zero attached hydrogens (tertiary/aromatic N) is 1. The number of aromatic nitrogens is 1. The summed E-state index contributed by atoms with van der Waals surface area (Å²) in [7, 11) is 0. The summed E-state index contributed by atoms with van der Waals surface area (Å²) < 4.78 is 12.8. The van der Waals surface area contributed by atoms with E-state index in [0.717, 1.165) is 30.5 Å². The van der Waals surface area contributed by atoms with Crippen LogP contribution in [0.5, 0.6) is 0 Å². The molecule has 4 nitrogen and oxygen atoms in total. The van der Waals surface area contributed by atoms with E-state index >= 15 is 0 Å². The Morgan fingerprint density at radius 2 is 2.19 bits per heavy atom. The molecule has 0 bridgehead atoms. The van der Waals surface area contributed by atoms with Gasteiger partial charge in [-0.05, 0) is 30.5 Å². The van der Waals surface area contributed by atoms with Crippen LogP contribution in [0.4, 0.5) is 9.52 Å². The summed E-state index contributed by atoms with van der Waals surface area (Å²) in [6.07, 6.45) is 2.80. The molecule has 0 fully saturated rings. The van der Waals surface area contributed by atoms with Gasteiger partial charge in [-0.15, -0.1) is 11.3 Å². The Labute approximate surface area is 126 Å². The average molecular weight is 305 g/mol. The van der Waals surface area contributed by atoms with Gasteiger partial charge in [0.15, 0.2) is 5.13 Å². The Morgan fingerprint density at radius 1 is 1.43 bits per heavy atom. The van der Waals surface area contributed by atoms with Crippen LogP contribution in [0.3, 0.4) is 0 Å². The summed E-state index contributed by atoms with van der Waals surface area (Å²) in [5, 5.41) is 3.63. The lowest BCUT2D eigenvalue weighted by atomic mass is 9.97. The highest BCUT2D eigenvalue weighted by molar-refractivity contribution is 7.15. The van der Waals surface area contributed by atoms with Gasteiger partial charge in [0.05, 0.1) is 12.1 Å². The molecule has 1 atom stereocenters. The molecule has 0 saturated carbocycles. The standard InChI is InChI=1S/C15H16FN3OS/c16-10-3-1-9(2-4-10)7-14(20)18-11-5-6-12-13(8-11)21-15(17)19-12/h1-4,11H,5-8H2,(H2,17,19)(H,18,20). The van der Waals surface area contributed by atoms with Gasteiger partial charge in [0.25, 0.3) is 0 Å². The Hall–Kier alpha value is -1.95. The third-order valence-electron chi connectivity index (χ3n) is 3.60. The second-order valence-corrected chi connectivity index (χ2v) is 6.35. The molecule has 3 rings (SSSR count). The maximum Gasteiger partial charge on any atom is 0.224 e. The molecule has 1 aromatic carbocycles. The summed E-state index contributed by atoms with van der Waals surface area (Å²) in [4.78, 5) is 17.5. The van der Waals surface area contributed by atoms with Crippen molar-refractivity contribution in [2.75, 3.05) is 5.73 Å². The molecule has 0 radical (unpaired) electrons. The molecule has 110 valence electrons. The van der Waals surface area contributed by atoms with E-state index in [1.54, 1.807) is 12.1 Å². The normalized spacial score (nSPS) is 17.3. The number of carbonyl (C=O) groups excluding carboxylic acids is 1. The molecule has 1 aromatic heterocycles. The Balaban J connectivity index is 1.57. The maximum atomic E-state index is 12.8. The number of thiazole rings is 1. The second kappa shape index (κ2) is 5.81. The van der Waals surface area contributed by atoms with Gasteiger partial charge in [-0.2, -0.15) is 0 Å². The fraction of sp³-hybridized carbons (Fsp3) is 0.333. The van der Waals surface area contributed by atoms with Crippen molar-refractivity contribution in [1.82, 2.24) is 10.3 Å². The summed E-state index contributed by atoms with van der Waals surface area (Å²) >= 11 is 1.50. The van der Waals surface area contributed by atoms with E-state index in [2.05, 4.69) is 10.3 Å². The quantitative estimate of drug-likeness (QED) is 0.912. The van der Waals surface area contributed by atoms with Crippen molar-refractivity contribution in [1.29, 1.82) is 0 Å². The molecule has 0 spiro atoms. The second-order valence-electron chi connectivity index (χ2n) is 5.23. The zero-order valence-corrected chi connectivity index (χ0v) is 12.3. The number of hydrogen-bond acceptors (Lipinski definition) is 4. The number of carbonyl (C=O) groups is 1. The van der Waals surface area contributed by atoms with Crippen LogP contribution in [-0.2, 0) is 24.1 Å². The van der Waals surface area contributed by atoms with Gasteiger partial charge in [0.2, 0.25) is 5.91 Å². The van der Waals surface area contributed by atoms with Crippen LogP contribution in [0, 0.1) is 5.82 Å². The number of amides is 1. The first-order chi connectivity index (χ1) is 10.1. The zero-order chi connectivity index (χ0) is 14.8. The number of anilines is 1. The van der Waals surface area contributed by atoms with Crippen LogP contribution in [0.1, 0.15) is 22.6 Å². The first kappa shape index (κ1) is 14.0. The van der Waals surface area contributed by atoms with Gasteiger partial charge in [-0.1, -0.05) is 12.1 Å². The number of fused-ring (bicyclic) bond motifs is 1. The summed E-state index contributed by atoms with van der Waals surface area (Å²) in [5.41, 5.74) is 7.59. The lowest BCUT2D eigenvalue weighted by Gasteiger charge is -2.22. The molecule has 21 heavy (non-hydrogen) atoms. The third kappa shape index (κ3) is 3.39. The highest BCUT2D eigenvalue weighted by atomic mass is 32.1. The molecule has 1 unspecified atom stereocenters. The largest absolute Gasteiger partial charge is 0.375 e. The van der Waals surface area contributed by atoms with E-state index in [0.29, 0.717) is 5.13 Å². The smallest absolute Gasteiger partial charge is 0.224 e. The van der Waals surface area contributed by atoms with E-state index in [1.165, 1.54) is 28.3 Å². The number of halogens is 1. The summed E-state index contributed by atoms with van der Waals surface area (Å²) in [6, 6.07) is 6.14. The molecule has 1 aliphatic carbocycles. The number of nitrogen functional groups attached to an aromatic ring is 1. The van der Waals surface area contributed by atoms with Crippen molar-refractivity contribution in [2.24, 2.45) is 0 Å². The molecule has 6 heteroatoms. The Bertz CT molecular complexity index is 653. The van der Waals surface area contributed by atoms with Crippen molar-refractivity contribution in [3.05, 3.63) is 46.2 Å². The number of nitrogens with two attached hydrogens (primary N) is 1. The van der Waals surface area contributed by atoms with Crippen LogP contribution in [-0.4, -0.2) is 16.9 Å². The van der Waals surface area contributed by atoms with Gasteiger partial charge in [0.1, 0.15) is 5.82 Å². The van der Waals surface area contributed by atoms with Gasteiger partial charge < -0.3 is 11.1 Å². The minimum absolute atomic E-state index is 0.0347. The van der Waals surface area contributed by atoms with Crippen molar-refractivity contribution in [3.63, 3.8) is 0 Å². The molecule has 1 heterocycles. The van der Waals surface area contributed by atoms with E-state index < -0.39 is 0 Å². The van der Waals surface area contributed by atoms with Crippen molar-refractivity contribution in [2.45, 2.75) is 31.7 Å². The van der Waals surface area contributed by atoms with Crippen LogP contribution in [0.25, 0.3) is 0 Å². The predicted octanol–water partition coefficient (Wildman–Crippen LogP) is 2.08. The molecule has 0 aliphatic heterocycles. The van der Waals surface area contributed by atoms with Gasteiger partial charge in [0, 0.05) is 17.3 Å². The summed E-state index contributed by atoms with van der Waals surface area (Å²) in [6.45, 7) is 0. The molecule has 3 N–H and O–H groups in total. The molecular weight excluding hydrogens is 289 g/mol. The third-order valence-corrected chi connectivity index (χ3v) is 4.55. The lowest BCUT2D eigenvalue weighted by Crippen LogP contribution is -2.39. The van der Waals surface area contributed by atoms with E-state index in [4.69, 9.17) is 5.73 Å². The highest BCUT2D eigenvalue weighted by Crippen LogP contribution is 2.28. The number of hydrogen-bond donors (Lipinski definition) is 2. The number of benzene rings is 1. The minimum atomic E-state index is -0.290. The molecule has 2 aromatic rings. The summed E-state index contributed by atoms with van der Waals surface area (Å²) in [5.74, 6) is -0.325. The van der Waals surface area contributed by atoms with Gasteiger partial charge in [-0.3, -0.25) is 4.79 Å². The van der Waals surface area contributed by atoms with E-state index in [9.17, 15) is 9.18 Å². The van der Waals surface area contributed by atoms with Crippen LogP contribution in [0.15, 0.2) is 24.3 Å². The Kier molecular flexibility index (Phi) is 3.88. The van der Waals surface area contributed by atoms with Gasteiger partial charge >= 0.3 is 0 Å². The van der Waals surface area contributed by atoms with E-state index in [1.807, 2.05) is 0 Å². The first-order valence-corrected chi connectivity index (χ1v) is 7.69. The highest BCUT2D eigenvalue weighted by Gasteiger charge is 2.23. The van der Waals surface area contributed by atoms with Crippen LogP contribution in [0.2, 0.25) is 0 Å². The average Bonchev–Trinajstić information content (AvgIpc) is 2.80. The van der Waals surface area contributed by atoms with Crippen LogP contribution >= 0.6 is 11.3 Å². The SMILES string of the molecule is Nc1nc2c(s1)CC(NC(=O)Cc1ccc(F)cc1)CC2. The number of nitrogens with one attached hydrogen (secondary N) is 1. The van der Waals surface area contributed by atoms with Gasteiger partial charge in [-0.25, -0.2) is 9.37 Å². The Morgan fingerprint density at radius 3 is 2.95 bits per heavy atom. The topological polar surface area (TPSA) is 68.0 Å². The van der Waals surface area contributed by atoms with Crippen molar-refractivity contribution >= 4 is 22.4 Å². The number of rotatable bonds is 3. The molecular formula is C15H16FN3OS. The maximum absolute atomic E-state index is 12.8. The lowest BCUT2D eigenvalue weighted by molar-refractivity contribution is -0.121. The zero-order valence-electron chi connectivity index (χ0n) is 11.4. The number of aryl methyl sites for hydroxylation is 1. The minimum Gasteiger partial charge on any atom is -0.375 e. The van der Waals surface area contributed by atoms with E-state index in [-0.39, 0.29) is 24.2 Å². The predicted molar refractivity (Wildman–Crippen MR) is 80.6 cm³/mol. The first-order valence-electron chi connectivity index (χ1n) is 6.88.